The number of hydrogen-bond donors (Lipinski definition) is 1. The molecule has 6 nitrogen and oxygen atoms in total. The number of carbonyl (C=O) groups excluding carboxylic acids is 3. The van der Waals surface area contributed by atoms with Crippen LogP contribution >= 0.6 is 11.6 Å². The van der Waals surface area contributed by atoms with Gasteiger partial charge in [-0.25, -0.2) is 9.69 Å². The highest BCUT2D eigenvalue weighted by Crippen LogP contribution is 2.32. The smallest absolute Gasteiger partial charge is 0.335 e. The number of urea groups is 1. The quantitative estimate of drug-likeness (QED) is 0.338. The number of halogens is 1. The van der Waals surface area contributed by atoms with Crippen molar-refractivity contribution in [2.24, 2.45) is 0 Å². The molecule has 1 aliphatic heterocycles. The van der Waals surface area contributed by atoms with Crippen molar-refractivity contribution in [3.05, 3.63) is 89.0 Å². The molecule has 0 bridgehead atoms. The zero-order valence-electron chi connectivity index (χ0n) is 17.2. The summed E-state index contributed by atoms with van der Waals surface area (Å²) >= 11 is 6.18. The van der Waals surface area contributed by atoms with Crippen molar-refractivity contribution in [3.63, 3.8) is 0 Å². The third-order valence-corrected chi connectivity index (χ3v) is 5.50. The van der Waals surface area contributed by atoms with Crippen LogP contribution in [0.25, 0.3) is 16.8 Å². The molecule has 1 N–H and O–H groups in total. The van der Waals surface area contributed by atoms with E-state index in [9.17, 15) is 14.4 Å². The van der Waals surface area contributed by atoms with Crippen LogP contribution in [0, 0.1) is 6.92 Å². The van der Waals surface area contributed by atoms with Gasteiger partial charge >= 0.3 is 6.03 Å². The number of barbiturate groups is 1. The van der Waals surface area contributed by atoms with Gasteiger partial charge in [-0.05, 0) is 47.5 Å². The summed E-state index contributed by atoms with van der Waals surface area (Å²) in [5, 5.41) is 4.34. The van der Waals surface area contributed by atoms with Crippen LogP contribution in [-0.4, -0.2) is 24.5 Å². The standard InChI is InChI=1S/C25H19ClN2O4/c1-3-12-32-22-11-9-16-6-4-5-7-18(16)19(22)14-20-23(29)27-25(31)28(24(20)30)17-10-8-15(2)21(26)13-17/h3-11,13-14H,1,12H2,2H3,(H,27,29,31)/b20-14+. The van der Waals surface area contributed by atoms with Gasteiger partial charge in [-0.3, -0.25) is 14.9 Å². The maximum atomic E-state index is 13.3. The van der Waals surface area contributed by atoms with Crippen LogP contribution in [0.4, 0.5) is 10.5 Å². The van der Waals surface area contributed by atoms with Gasteiger partial charge in [0.15, 0.2) is 0 Å². The normalized spacial score (nSPS) is 15.2. The van der Waals surface area contributed by atoms with Crippen molar-refractivity contribution in [1.82, 2.24) is 5.32 Å². The molecule has 0 spiro atoms. The van der Waals surface area contributed by atoms with Crippen molar-refractivity contribution in [2.45, 2.75) is 6.92 Å². The molecule has 32 heavy (non-hydrogen) atoms. The molecule has 1 heterocycles. The molecule has 3 aromatic carbocycles. The first-order valence-corrected chi connectivity index (χ1v) is 10.2. The second kappa shape index (κ2) is 8.69. The molecule has 7 heteroatoms. The summed E-state index contributed by atoms with van der Waals surface area (Å²) in [6, 6.07) is 15.2. The lowest BCUT2D eigenvalue weighted by atomic mass is 9.99. The Morgan fingerprint density at radius 1 is 1.09 bits per heavy atom. The number of amides is 4. The Morgan fingerprint density at radius 2 is 1.88 bits per heavy atom. The first kappa shape index (κ1) is 21.3. The fourth-order valence-corrected chi connectivity index (χ4v) is 3.63. The maximum absolute atomic E-state index is 13.3. The van der Waals surface area contributed by atoms with E-state index in [0.29, 0.717) is 16.3 Å². The van der Waals surface area contributed by atoms with Crippen LogP contribution < -0.4 is 15.0 Å². The van der Waals surface area contributed by atoms with Gasteiger partial charge in [0, 0.05) is 10.6 Å². The van der Waals surface area contributed by atoms with E-state index in [0.717, 1.165) is 21.2 Å². The van der Waals surface area contributed by atoms with E-state index in [-0.39, 0.29) is 17.9 Å². The predicted octanol–water partition coefficient (Wildman–Crippen LogP) is 5.03. The van der Waals surface area contributed by atoms with Crippen LogP contribution in [0.3, 0.4) is 0 Å². The van der Waals surface area contributed by atoms with Gasteiger partial charge in [0.1, 0.15) is 17.9 Å². The summed E-state index contributed by atoms with van der Waals surface area (Å²) in [6.45, 7) is 5.72. The number of nitrogens with one attached hydrogen (secondary N) is 1. The molecule has 0 saturated carbocycles. The lowest BCUT2D eigenvalue weighted by molar-refractivity contribution is -0.122. The Balaban J connectivity index is 1.85. The highest BCUT2D eigenvalue weighted by atomic mass is 35.5. The topological polar surface area (TPSA) is 75.7 Å². The molecule has 4 amide bonds. The molecule has 0 radical (unpaired) electrons. The number of imide groups is 2. The van der Waals surface area contributed by atoms with E-state index in [4.69, 9.17) is 16.3 Å². The molecule has 1 aliphatic rings. The van der Waals surface area contributed by atoms with Crippen LogP contribution in [-0.2, 0) is 9.59 Å². The van der Waals surface area contributed by atoms with E-state index in [1.54, 1.807) is 24.3 Å². The largest absolute Gasteiger partial charge is 0.489 e. The summed E-state index contributed by atoms with van der Waals surface area (Å²) in [5.41, 5.74) is 1.43. The molecule has 0 aliphatic carbocycles. The predicted molar refractivity (Wildman–Crippen MR) is 125 cm³/mol. The summed E-state index contributed by atoms with van der Waals surface area (Å²) in [4.78, 5) is 39.3. The average molecular weight is 447 g/mol. The van der Waals surface area contributed by atoms with E-state index < -0.39 is 17.8 Å². The lowest BCUT2D eigenvalue weighted by Gasteiger charge is -2.27. The molecule has 1 fully saturated rings. The number of fused-ring (bicyclic) bond motifs is 1. The third-order valence-electron chi connectivity index (χ3n) is 5.09. The number of carbonyl (C=O) groups is 3. The molecule has 160 valence electrons. The van der Waals surface area contributed by atoms with Crippen LogP contribution in [0.2, 0.25) is 5.02 Å². The second-order valence-corrected chi connectivity index (χ2v) is 7.60. The highest BCUT2D eigenvalue weighted by molar-refractivity contribution is 6.40. The molecule has 3 aromatic rings. The average Bonchev–Trinajstić information content (AvgIpc) is 2.77. The summed E-state index contributed by atoms with van der Waals surface area (Å²) in [6.07, 6.45) is 3.06. The maximum Gasteiger partial charge on any atom is 0.335 e. The Kier molecular flexibility index (Phi) is 5.79. The molecule has 0 aromatic heterocycles. The molecular formula is C25H19ClN2O4. The third kappa shape index (κ3) is 3.88. The number of ether oxygens (including phenoxy) is 1. The van der Waals surface area contributed by atoms with Gasteiger partial charge in [-0.1, -0.05) is 60.7 Å². The van der Waals surface area contributed by atoms with E-state index in [1.807, 2.05) is 37.3 Å². The molecule has 4 rings (SSSR count). The zero-order chi connectivity index (χ0) is 22.8. The molecule has 0 atom stereocenters. The minimum Gasteiger partial charge on any atom is -0.489 e. The fraction of sp³-hybridized carbons (Fsp3) is 0.0800. The van der Waals surface area contributed by atoms with E-state index in [2.05, 4.69) is 11.9 Å². The molecule has 1 saturated heterocycles. The van der Waals surface area contributed by atoms with Crippen LogP contribution in [0.15, 0.2) is 72.8 Å². The molecular weight excluding hydrogens is 428 g/mol. The number of anilines is 1. The SMILES string of the molecule is C=CCOc1ccc2ccccc2c1/C=C1\C(=O)NC(=O)N(c2ccc(C)c(Cl)c2)C1=O. The summed E-state index contributed by atoms with van der Waals surface area (Å²) < 4.78 is 5.76. The lowest BCUT2D eigenvalue weighted by Crippen LogP contribution is -2.54. The van der Waals surface area contributed by atoms with Crippen LogP contribution in [0.5, 0.6) is 5.75 Å². The van der Waals surface area contributed by atoms with Crippen molar-refractivity contribution in [3.8, 4) is 5.75 Å². The number of hydrogen-bond acceptors (Lipinski definition) is 4. The monoisotopic (exact) mass is 446 g/mol. The van der Waals surface area contributed by atoms with Gasteiger partial charge < -0.3 is 4.74 Å². The number of aryl methyl sites for hydroxylation is 1. The van der Waals surface area contributed by atoms with Gasteiger partial charge in [0.2, 0.25) is 0 Å². The number of nitrogens with zero attached hydrogens (tertiary/aromatic N) is 1. The second-order valence-electron chi connectivity index (χ2n) is 7.19. The molecule has 0 unspecified atom stereocenters. The van der Waals surface area contributed by atoms with E-state index in [1.165, 1.54) is 12.1 Å². The van der Waals surface area contributed by atoms with Gasteiger partial charge in [0.25, 0.3) is 11.8 Å². The summed E-state index contributed by atoms with van der Waals surface area (Å²) in [7, 11) is 0. The number of rotatable bonds is 5. The Bertz CT molecular complexity index is 1310. The summed E-state index contributed by atoms with van der Waals surface area (Å²) in [5.74, 6) is -1.04. The first-order valence-electron chi connectivity index (χ1n) is 9.83. The van der Waals surface area contributed by atoms with Gasteiger partial charge in [-0.15, -0.1) is 0 Å². The Morgan fingerprint density at radius 3 is 2.62 bits per heavy atom. The van der Waals surface area contributed by atoms with Gasteiger partial charge in [0.05, 0.1) is 5.69 Å². The first-order chi connectivity index (χ1) is 15.4. The number of benzene rings is 3. The zero-order valence-corrected chi connectivity index (χ0v) is 18.0. The van der Waals surface area contributed by atoms with Crippen molar-refractivity contribution < 1.29 is 19.1 Å². The van der Waals surface area contributed by atoms with E-state index >= 15 is 0 Å². The minimum atomic E-state index is -0.835. The van der Waals surface area contributed by atoms with Gasteiger partial charge in [-0.2, -0.15) is 0 Å². The fourth-order valence-electron chi connectivity index (χ4n) is 3.46. The van der Waals surface area contributed by atoms with Crippen molar-refractivity contribution in [1.29, 1.82) is 0 Å². The van der Waals surface area contributed by atoms with Crippen molar-refractivity contribution in [2.75, 3.05) is 11.5 Å². The van der Waals surface area contributed by atoms with Crippen LogP contribution in [0.1, 0.15) is 11.1 Å². The minimum absolute atomic E-state index is 0.193. The van der Waals surface area contributed by atoms with Crippen molar-refractivity contribution >= 4 is 52.0 Å². The highest BCUT2D eigenvalue weighted by Gasteiger charge is 2.37. The Hall–Kier alpha value is -3.90. The Labute approximate surface area is 189 Å².